The van der Waals surface area contributed by atoms with Gasteiger partial charge in [0.1, 0.15) is 5.69 Å². The maximum Gasteiger partial charge on any atom is 0.162 e. The monoisotopic (exact) mass is 166 g/mol. The second kappa shape index (κ2) is 2.81. The molecule has 0 amide bonds. The van der Waals surface area contributed by atoms with Crippen LogP contribution in [0.1, 0.15) is 43.1 Å². The molecule has 2 N–H and O–H groups in total. The summed E-state index contributed by atoms with van der Waals surface area (Å²) in [6, 6.07) is 0. The Labute approximate surface area is 71.9 Å². The zero-order chi connectivity index (χ0) is 8.55. The standard InChI is InChI=1S/C9H14N2O/c1-6-8(10)9(12-11-6)7-4-2-3-5-7/h7H,2-5,10H2,1H3. The highest BCUT2D eigenvalue weighted by molar-refractivity contribution is 5.47. The molecule has 0 aromatic carbocycles. The van der Waals surface area contributed by atoms with E-state index in [4.69, 9.17) is 10.3 Å². The Bertz CT molecular complexity index is 274. The number of nitrogen functional groups attached to an aromatic ring is 1. The van der Waals surface area contributed by atoms with E-state index in [1.165, 1.54) is 25.7 Å². The van der Waals surface area contributed by atoms with Gasteiger partial charge in [0.15, 0.2) is 5.76 Å². The van der Waals surface area contributed by atoms with Crippen LogP contribution in [0.2, 0.25) is 0 Å². The maximum atomic E-state index is 5.83. The smallest absolute Gasteiger partial charge is 0.162 e. The molecule has 1 fully saturated rings. The summed E-state index contributed by atoms with van der Waals surface area (Å²) in [5.74, 6) is 1.45. The molecule has 1 aliphatic carbocycles. The van der Waals surface area contributed by atoms with Crippen LogP contribution in [0, 0.1) is 6.92 Å². The van der Waals surface area contributed by atoms with Gasteiger partial charge in [0.25, 0.3) is 0 Å². The Morgan fingerprint density at radius 3 is 2.58 bits per heavy atom. The largest absolute Gasteiger partial charge is 0.394 e. The normalized spacial score (nSPS) is 18.8. The minimum atomic E-state index is 0.534. The second-order valence-electron chi connectivity index (χ2n) is 3.53. The Kier molecular flexibility index (Phi) is 1.79. The van der Waals surface area contributed by atoms with Crippen molar-refractivity contribution in [2.24, 2.45) is 0 Å². The van der Waals surface area contributed by atoms with Gasteiger partial charge >= 0.3 is 0 Å². The molecule has 0 spiro atoms. The van der Waals surface area contributed by atoms with Crippen molar-refractivity contribution < 1.29 is 4.52 Å². The lowest BCUT2D eigenvalue weighted by Crippen LogP contribution is -1.95. The van der Waals surface area contributed by atoms with Gasteiger partial charge in [-0.3, -0.25) is 0 Å². The summed E-state index contributed by atoms with van der Waals surface area (Å²) < 4.78 is 5.20. The highest BCUT2D eigenvalue weighted by Crippen LogP contribution is 2.37. The molecule has 3 heteroatoms. The fourth-order valence-corrected chi connectivity index (χ4v) is 1.88. The van der Waals surface area contributed by atoms with Crippen molar-refractivity contribution in [3.63, 3.8) is 0 Å². The van der Waals surface area contributed by atoms with Crippen LogP contribution >= 0.6 is 0 Å². The van der Waals surface area contributed by atoms with Crippen LogP contribution in [-0.4, -0.2) is 5.16 Å². The average molecular weight is 166 g/mol. The molecular weight excluding hydrogens is 152 g/mol. The summed E-state index contributed by atoms with van der Waals surface area (Å²) in [5.41, 5.74) is 7.42. The fourth-order valence-electron chi connectivity index (χ4n) is 1.88. The number of nitrogens with zero attached hydrogens (tertiary/aromatic N) is 1. The Morgan fingerprint density at radius 1 is 1.42 bits per heavy atom. The van der Waals surface area contributed by atoms with Gasteiger partial charge in [0.05, 0.1) is 5.69 Å². The van der Waals surface area contributed by atoms with Gasteiger partial charge in [-0.05, 0) is 19.8 Å². The van der Waals surface area contributed by atoms with Gasteiger partial charge in [-0.15, -0.1) is 0 Å². The first-order chi connectivity index (χ1) is 5.79. The molecule has 3 nitrogen and oxygen atoms in total. The maximum absolute atomic E-state index is 5.83. The number of aromatic nitrogens is 1. The first-order valence-electron chi connectivity index (χ1n) is 4.50. The zero-order valence-corrected chi connectivity index (χ0v) is 7.34. The SMILES string of the molecule is Cc1noc(C2CCCC2)c1N. The fraction of sp³-hybridized carbons (Fsp3) is 0.667. The average Bonchev–Trinajstić information content (AvgIpc) is 2.64. The summed E-state index contributed by atoms with van der Waals surface area (Å²) in [5, 5.41) is 3.86. The van der Waals surface area contributed by atoms with Crippen LogP contribution < -0.4 is 5.73 Å². The Morgan fingerprint density at radius 2 is 2.08 bits per heavy atom. The van der Waals surface area contributed by atoms with E-state index >= 15 is 0 Å². The third kappa shape index (κ3) is 1.09. The van der Waals surface area contributed by atoms with Gasteiger partial charge < -0.3 is 10.3 Å². The lowest BCUT2D eigenvalue weighted by atomic mass is 10.0. The van der Waals surface area contributed by atoms with Crippen molar-refractivity contribution in [1.29, 1.82) is 0 Å². The van der Waals surface area contributed by atoms with E-state index in [1.54, 1.807) is 0 Å². The lowest BCUT2D eigenvalue weighted by molar-refractivity contribution is 0.358. The Balaban J connectivity index is 2.26. The van der Waals surface area contributed by atoms with Crippen molar-refractivity contribution in [3.8, 4) is 0 Å². The molecule has 0 atom stereocenters. The third-order valence-electron chi connectivity index (χ3n) is 2.66. The van der Waals surface area contributed by atoms with Crippen molar-refractivity contribution >= 4 is 5.69 Å². The van der Waals surface area contributed by atoms with Crippen molar-refractivity contribution in [1.82, 2.24) is 5.16 Å². The van der Waals surface area contributed by atoms with Crippen LogP contribution in [0.5, 0.6) is 0 Å². The zero-order valence-electron chi connectivity index (χ0n) is 7.34. The number of nitrogens with two attached hydrogens (primary N) is 1. The molecule has 12 heavy (non-hydrogen) atoms. The van der Waals surface area contributed by atoms with E-state index in [2.05, 4.69) is 5.16 Å². The van der Waals surface area contributed by atoms with Crippen LogP contribution in [0.25, 0.3) is 0 Å². The molecule has 0 saturated heterocycles. The van der Waals surface area contributed by atoms with Crippen LogP contribution in [0.15, 0.2) is 4.52 Å². The van der Waals surface area contributed by atoms with Crippen LogP contribution in [0.3, 0.4) is 0 Å². The lowest BCUT2D eigenvalue weighted by Gasteiger charge is -2.03. The highest BCUT2D eigenvalue weighted by atomic mass is 16.5. The summed E-state index contributed by atoms with van der Waals surface area (Å²) >= 11 is 0. The van der Waals surface area contributed by atoms with Gasteiger partial charge in [0.2, 0.25) is 0 Å². The predicted molar refractivity (Wildman–Crippen MR) is 46.9 cm³/mol. The minimum absolute atomic E-state index is 0.534. The van der Waals surface area contributed by atoms with Crippen molar-refractivity contribution in [3.05, 3.63) is 11.5 Å². The summed E-state index contributed by atoms with van der Waals surface area (Å²) in [7, 11) is 0. The molecule has 1 saturated carbocycles. The number of hydrogen-bond acceptors (Lipinski definition) is 3. The molecule has 1 heterocycles. The first-order valence-corrected chi connectivity index (χ1v) is 4.50. The van der Waals surface area contributed by atoms with Gasteiger partial charge in [0, 0.05) is 5.92 Å². The molecule has 1 aliphatic rings. The van der Waals surface area contributed by atoms with Crippen molar-refractivity contribution in [2.75, 3.05) is 5.73 Å². The van der Waals surface area contributed by atoms with E-state index in [1.807, 2.05) is 6.92 Å². The van der Waals surface area contributed by atoms with Gasteiger partial charge in [-0.1, -0.05) is 18.0 Å². The number of anilines is 1. The van der Waals surface area contributed by atoms with Gasteiger partial charge in [-0.2, -0.15) is 0 Å². The van der Waals surface area contributed by atoms with Crippen molar-refractivity contribution in [2.45, 2.75) is 38.5 Å². The molecule has 1 aromatic rings. The predicted octanol–water partition coefficient (Wildman–Crippen LogP) is 2.22. The molecule has 0 bridgehead atoms. The quantitative estimate of drug-likeness (QED) is 0.696. The number of hydrogen-bond donors (Lipinski definition) is 1. The second-order valence-corrected chi connectivity index (χ2v) is 3.53. The molecule has 0 unspecified atom stereocenters. The van der Waals surface area contributed by atoms with E-state index in [9.17, 15) is 0 Å². The molecule has 1 aromatic heterocycles. The van der Waals surface area contributed by atoms with E-state index < -0.39 is 0 Å². The summed E-state index contributed by atoms with van der Waals surface area (Å²) in [6.45, 7) is 1.89. The van der Waals surface area contributed by atoms with Gasteiger partial charge in [-0.25, -0.2) is 0 Å². The summed E-state index contributed by atoms with van der Waals surface area (Å²) in [4.78, 5) is 0. The molecule has 66 valence electrons. The molecular formula is C9H14N2O. The van der Waals surface area contributed by atoms with E-state index in [-0.39, 0.29) is 0 Å². The highest BCUT2D eigenvalue weighted by Gasteiger charge is 2.24. The topological polar surface area (TPSA) is 52.0 Å². The number of rotatable bonds is 1. The molecule has 2 rings (SSSR count). The molecule has 0 aliphatic heterocycles. The Hall–Kier alpha value is -0.990. The van der Waals surface area contributed by atoms with Crippen LogP contribution in [-0.2, 0) is 0 Å². The first kappa shape index (κ1) is 7.65. The van der Waals surface area contributed by atoms with Crippen LogP contribution in [0.4, 0.5) is 5.69 Å². The molecule has 0 radical (unpaired) electrons. The van der Waals surface area contributed by atoms with E-state index in [0.29, 0.717) is 5.92 Å². The minimum Gasteiger partial charge on any atom is -0.394 e. The van der Waals surface area contributed by atoms with E-state index in [0.717, 1.165) is 17.1 Å². The third-order valence-corrected chi connectivity index (χ3v) is 2.66. The summed E-state index contributed by atoms with van der Waals surface area (Å²) in [6.07, 6.45) is 5.01. The number of aryl methyl sites for hydroxylation is 1.